The molecule has 1 aliphatic heterocycles. The minimum atomic E-state index is -0.0986. The number of nitrogens with zero attached hydrogens (tertiary/aromatic N) is 1. The highest BCUT2D eigenvalue weighted by molar-refractivity contribution is 5.83. The van der Waals surface area contributed by atoms with E-state index in [4.69, 9.17) is 10.5 Å². The maximum atomic E-state index is 12.2. The fraction of sp³-hybridized carbons (Fsp3) is 0.556. The van der Waals surface area contributed by atoms with Crippen molar-refractivity contribution in [1.82, 2.24) is 10.2 Å². The van der Waals surface area contributed by atoms with Crippen LogP contribution in [0.1, 0.15) is 25.7 Å². The van der Waals surface area contributed by atoms with Crippen molar-refractivity contribution in [2.45, 2.75) is 37.8 Å². The molecule has 1 aliphatic carbocycles. The predicted octanol–water partition coefficient (Wildman–Crippen LogP) is 0.910. The summed E-state index contributed by atoms with van der Waals surface area (Å²) in [6.07, 6.45) is 2.88. The number of nitrogens with two attached hydrogens (primary N) is 1. The number of amides is 2. The van der Waals surface area contributed by atoms with Crippen molar-refractivity contribution in [3.8, 4) is 5.75 Å². The number of hydrogen-bond donors (Lipinski definition) is 2. The van der Waals surface area contributed by atoms with Crippen LogP contribution in [0.25, 0.3) is 0 Å². The zero-order valence-corrected chi connectivity index (χ0v) is 13.8. The third-order valence-electron chi connectivity index (χ3n) is 4.78. The van der Waals surface area contributed by atoms with Crippen LogP contribution in [0.15, 0.2) is 30.3 Å². The lowest BCUT2D eigenvalue weighted by molar-refractivity contribution is -0.128. The molecule has 3 atom stereocenters. The molecule has 3 unspecified atom stereocenters. The summed E-state index contributed by atoms with van der Waals surface area (Å²) < 4.78 is 5.63. The van der Waals surface area contributed by atoms with E-state index < -0.39 is 0 Å². The molecule has 0 radical (unpaired) electrons. The van der Waals surface area contributed by atoms with Gasteiger partial charge in [0.25, 0.3) is 0 Å². The SMILES string of the molecule is NC1CCC(C(=O)NC2CC(=O)N(CCOc3ccccc3)C2)C1. The molecule has 1 heterocycles. The molecule has 2 fully saturated rings. The fourth-order valence-electron chi connectivity index (χ4n) is 3.45. The van der Waals surface area contributed by atoms with Crippen molar-refractivity contribution in [1.29, 1.82) is 0 Å². The van der Waals surface area contributed by atoms with Crippen LogP contribution >= 0.6 is 0 Å². The van der Waals surface area contributed by atoms with Crippen LogP contribution in [0.2, 0.25) is 0 Å². The second-order valence-electron chi connectivity index (χ2n) is 6.68. The van der Waals surface area contributed by atoms with Gasteiger partial charge in [0, 0.05) is 24.9 Å². The zero-order valence-electron chi connectivity index (χ0n) is 13.8. The summed E-state index contributed by atoms with van der Waals surface area (Å²) >= 11 is 0. The van der Waals surface area contributed by atoms with Crippen LogP contribution in [0.3, 0.4) is 0 Å². The number of likely N-dealkylation sites (tertiary alicyclic amines) is 1. The Kier molecular flexibility index (Phi) is 5.35. The number of carbonyl (C=O) groups is 2. The first-order valence-electron chi connectivity index (χ1n) is 8.63. The summed E-state index contributed by atoms with van der Waals surface area (Å²) in [5, 5.41) is 3.01. The molecule has 130 valence electrons. The quantitative estimate of drug-likeness (QED) is 0.811. The molecular weight excluding hydrogens is 306 g/mol. The van der Waals surface area contributed by atoms with Gasteiger partial charge in [0.1, 0.15) is 12.4 Å². The van der Waals surface area contributed by atoms with E-state index in [1.54, 1.807) is 4.90 Å². The van der Waals surface area contributed by atoms with Gasteiger partial charge in [0.15, 0.2) is 0 Å². The first kappa shape index (κ1) is 16.8. The molecule has 1 aromatic carbocycles. The molecule has 3 rings (SSSR count). The van der Waals surface area contributed by atoms with Crippen LogP contribution in [0, 0.1) is 5.92 Å². The van der Waals surface area contributed by atoms with E-state index in [-0.39, 0.29) is 29.8 Å². The van der Waals surface area contributed by atoms with Crippen molar-refractivity contribution >= 4 is 11.8 Å². The second kappa shape index (κ2) is 7.66. The molecular formula is C18H25N3O3. The first-order chi connectivity index (χ1) is 11.6. The number of ether oxygens (including phenoxy) is 1. The number of nitrogens with one attached hydrogen (secondary N) is 1. The largest absolute Gasteiger partial charge is 0.492 e. The zero-order chi connectivity index (χ0) is 16.9. The number of rotatable bonds is 6. The summed E-state index contributed by atoms with van der Waals surface area (Å²) in [5.41, 5.74) is 5.86. The van der Waals surface area contributed by atoms with Crippen molar-refractivity contribution in [2.75, 3.05) is 19.7 Å². The van der Waals surface area contributed by atoms with Crippen LogP contribution in [-0.4, -0.2) is 48.5 Å². The Hall–Kier alpha value is -2.08. The lowest BCUT2D eigenvalue weighted by Gasteiger charge is -2.18. The first-order valence-corrected chi connectivity index (χ1v) is 8.63. The Labute approximate surface area is 142 Å². The molecule has 6 heteroatoms. The van der Waals surface area contributed by atoms with Crippen LogP contribution < -0.4 is 15.8 Å². The topological polar surface area (TPSA) is 84.7 Å². The number of para-hydroxylation sites is 1. The van der Waals surface area contributed by atoms with Crippen LogP contribution in [0.4, 0.5) is 0 Å². The Morgan fingerprint density at radius 1 is 1.29 bits per heavy atom. The van der Waals surface area contributed by atoms with E-state index >= 15 is 0 Å². The monoisotopic (exact) mass is 331 g/mol. The van der Waals surface area contributed by atoms with Gasteiger partial charge in [-0.1, -0.05) is 18.2 Å². The van der Waals surface area contributed by atoms with Gasteiger partial charge in [-0.25, -0.2) is 0 Å². The lowest BCUT2D eigenvalue weighted by Crippen LogP contribution is -2.40. The number of hydrogen-bond acceptors (Lipinski definition) is 4. The molecule has 0 spiro atoms. The van der Waals surface area contributed by atoms with Gasteiger partial charge in [-0.05, 0) is 31.4 Å². The molecule has 3 N–H and O–H groups in total. The molecule has 1 aromatic rings. The summed E-state index contributed by atoms with van der Waals surface area (Å²) in [6, 6.07) is 9.58. The molecule has 24 heavy (non-hydrogen) atoms. The third-order valence-corrected chi connectivity index (χ3v) is 4.78. The number of carbonyl (C=O) groups excluding carboxylic acids is 2. The van der Waals surface area contributed by atoms with Crippen molar-refractivity contribution in [3.05, 3.63) is 30.3 Å². The van der Waals surface area contributed by atoms with E-state index in [9.17, 15) is 9.59 Å². The van der Waals surface area contributed by atoms with Crippen molar-refractivity contribution in [3.63, 3.8) is 0 Å². The second-order valence-corrected chi connectivity index (χ2v) is 6.68. The van der Waals surface area contributed by atoms with E-state index in [0.717, 1.165) is 25.0 Å². The Bertz CT molecular complexity index is 578. The third kappa shape index (κ3) is 4.26. The highest BCUT2D eigenvalue weighted by Gasteiger charge is 2.33. The summed E-state index contributed by atoms with van der Waals surface area (Å²) in [7, 11) is 0. The molecule has 1 saturated carbocycles. The average Bonchev–Trinajstić information content (AvgIpc) is 3.15. The Morgan fingerprint density at radius 2 is 2.08 bits per heavy atom. The van der Waals surface area contributed by atoms with Gasteiger partial charge in [-0.2, -0.15) is 0 Å². The smallest absolute Gasteiger partial charge is 0.224 e. The van der Waals surface area contributed by atoms with E-state index in [2.05, 4.69) is 5.32 Å². The maximum Gasteiger partial charge on any atom is 0.224 e. The molecule has 0 bridgehead atoms. The average molecular weight is 331 g/mol. The summed E-state index contributed by atoms with van der Waals surface area (Å²) in [5.74, 6) is 0.917. The molecule has 2 aliphatic rings. The Balaban J connectivity index is 1.41. The van der Waals surface area contributed by atoms with Gasteiger partial charge in [0.05, 0.1) is 12.6 Å². The minimum absolute atomic E-state index is 0.00515. The Morgan fingerprint density at radius 3 is 2.79 bits per heavy atom. The van der Waals surface area contributed by atoms with Gasteiger partial charge in [-0.15, -0.1) is 0 Å². The van der Waals surface area contributed by atoms with E-state index in [1.807, 2.05) is 30.3 Å². The number of benzene rings is 1. The minimum Gasteiger partial charge on any atom is -0.492 e. The molecule has 6 nitrogen and oxygen atoms in total. The lowest BCUT2D eigenvalue weighted by atomic mass is 10.1. The van der Waals surface area contributed by atoms with E-state index in [0.29, 0.717) is 26.1 Å². The summed E-state index contributed by atoms with van der Waals surface area (Å²) in [6.45, 7) is 1.55. The normalized spacial score (nSPS) is 26.6. The summed E-state index contributed by atoms with van der Waals surface area (Å²) in [4.78, 5) is 26.1. The van der Waals surface area contributed by atoms with Crippen molar-refractivity contribution < 1.29 is 14.3 Å². The van der Waals surface area contributed by atoms with Gasteiger partial charge >= 0.3 is 0 Å². The molecule has 2 amide bonds. The fourth-order valence-corrected chi connectivity index (χ4v) is 3.45. The highest BCUT2D eigenvalue weighted by Crippen LogP contribution is 2.24. The van der Waals surface area contributed by atoms with Crippen molar-refractivity contribution in [2.24, 2.45) is 11.7 Å². The van der Waals surface area contributed by atoms with Crippen LogP contribution in [-0.2, 0) is 9.59 Å². The van der Waals surface area contributed by atoms with Gasteiger partial charge in [0.2, 0.25) is 11.8 Å². The van der Waals surface area contributed by atoms with Gasteiger partial charge in [-0.3, -0.25) is 9.59 Å². The highest BCUT2D eigenvalue weighted by atomic mass is 16.5. The predicted molar refractivity (Wildman–Crippen MR) is 90.4 cm³/mol. The van der Waals surface area contributed by atoms with Crippen LogP contribution in [0.5, 0.6) is 5.75 Å². The molecule has 0 aromatic heterocycles. The maximum absolute atomic E-state index is 12.2. The standard InChI is InChI=1S/C18H25N3O3/c19-14-7-6-13(10-14)18(23)20-15-11-17(22)21(12-15)8-9-24-16-4-2-1-3-5-16/h1-5,13-15H,6-12,19H2,(H,20,23). The van der Waals surface area contributed by atoms with Gasteiger partial charge < -0.3 is 20.7 Å². The van der Waals surface area contributed by atoms with E-state index in [1.165, 1.54) is 0 Å². The molecule has 1 saturated heterocycles.